The van der Waals surface area contributed by atoms with E-state index in [4.69, 9.17) is 14.6 Å². The molecule has 0 fully saturated rings. The molecule has 0 unspecified atom stereocenters. The number of carbonyl (C=O) groups is 2. The van der Waals surface area contributed by atoms with Crippen LogP contribution in [0.5, 0.6) is 11.5 Å². The molecule has 0 saturated heterocycles. The first kappa shape index (κ1) is 22.9. The van der Waals surface area contributed by atoms with Crippen LogP contribution in [0.25, 0.3) is 0 Å². The van der Waals surface area contributed by atoms with Crippen molar-refractivity contribution in [3.8, 4) is 11.5 Å². The van der Waals surface area contributed by atoms with Gasteiger partial charge in [-0.2, -0.15) is 0 Å². The topological polar surface area (TPSA) is 84.9 Å². The number of carbonyl (C=O) groups excluding carboxylic acids is 1. The Morgan fingerprint density at radius 3 is 2.38 bits per heavy atom. The number of benzene rings is 3. The molecule has 0 aliphatic rings. The number of aryl methyl sites for hydroxylation is 2. The molecule has 0 saturated carbocycles. The molecule has 0 spiro atoms. The van der Waals surface area contributed by atoms with Crippen LogP contribution in [-0.2, 0) is 11.2 Å². The van der Waals surface area contributed by atoms with Crippen molar-refractivity contribution in [2.75, 3.05) is 18.5 Å². The summed E-state index contributed by atoms with van der Waals surface area (Å²) in [6.45, 7) is 2.01. The van der Waals surface area contributed by atoms with Gasteiger partial charge in [-0.1, -0.05) is 36.4 Å². The number of hydrogen-bond donors (Lipinski definition) is 2. The molecule has 0 aliphatic carbocycles. The molecule has 0 aliphatic heterocycles. The number of rotatable bonds is 11. The van der Waals surface area contributed by atoms with E-state index in [0.717, 1.165) is 24.8 Å². The zero-order chi connectivity index (χ0) is 22.8. The van der Waals surface area contributed by atoms with Gasteiger partial charge in [0, 0.05) is 5.56 Å². The highest BCUT2D eigenvalue weighted by Gasteiger charge is 2.12. The number of hydrogen-bond acceptors (Lipinski definition) is 4. The first-order valence-corrected chi connectivity index (χ1v) is 10.5. The van der Waals surface area contributed by atoms with E-state index in [-0.39, 0.29) is 5.91 Å². The van der Waals surface area contributed by atoms with Crippen molar-refractivity contribution < 1.29 is 24.2 Å². The average Bonchev–Trinajstić information content (AvgIpc) is 2.79. The predicted octanol–water partition coefficient (Wildman–Crippen LogP) is 5.11. The number of carboxylic acids is 1. The molecule has 0 radical (unpaired) electrons. The lowest BCUT2D eigenvalue weighted by Gasteiger charge is -2.13. The third-order valence-electron chi connectivity index (χ3n) is 4.82. The second-order valence-electron chi connectivity index (χ2n) is 7.45. The van der Waals surface area contributed by atoms with Gasteiger partial charge < -0.3 is 19.9 Å². The molecule has 2 N–H and O–H groups in total. The van der Waals surface area contributed by atoms with Crippen LogP contribution in [0.4, 0.5) is 5.69 Å². The summed E-state index contributed by atoms with van der Waals surface area (Å²) in [6.07, 6.45) is 3.03. The van der Waals surface area contributed by atoms with Crippen LogP contribution in [0.2, 0.25) is 0 Å². The highest BCUT2D eigenvalue weighted by molar-refractivity contribution is 6.05. The SMILES string of the molecule is Cc1ccc(OCC(=O)O)c(NC(=O)c2ccc(OCCCCc3ccccc3)cc2)c1. The normalized spacial score (nSPS) is 10.4. The summed E-state index contributed by atoms with van der Waals surface area (Å²) >= 11 is 0. The lowest BCUT2D eigenvalue weighted by molar-refractivity contribution is -0.139. The van der Waals surface area contributed by atoms with Crippen LogP contribution < -0.4 is 14.8 Å². The monoisotopic (exact) mass is 433 g/mol. The van der Waals surface area contributed by atoms with E-state index in [9.17, 15) is 9.59 Å². The molecule has 166 valence electrons. The first-order valence-electron chi connectivity index (χ1n) is 10.5. The highest BCUT2D eigenvalue weighted by atomic mass is 16.5. The maximum Gasteiger partial charge on any atom is 0.341 e. The molecule has 3 rings (SSSR count). The summed E-state index contributed by atoms with van der Waals surface area (Å²) in [4.78, 5) is 23.4. The lowest BCUT2D eigenvalue weighted by Crippen LogP contribution is -2.15. The molecule has 32 heavy (non-hydrogen) atoms. The quantitative estimate of drug-likeness (QED) is 0.410. The van der Waals surface area contributed by atoms with Gasteiger partial charge >= 0.3 is 5.97 Å². The fourth-order valence-electron chi connectivity index (χ4n) is 3.17. The molecular weight excluding hydrogens is 406 g/mol. The molecule has 0 atom stereocenters. The van der Waals surface area contributed by atoms with Gasteiger partial charge in [-0.3, -0.25) is 4.79 Å². The molecule has 0 aromatic heterocycles. The van der Waals surface area contributed by atoms with Crippen LogP contribution in [0.3, 0.4) is 0 Å². The molecular formula is C26H27NO5. The largest absolute Gasteiger partial charge is 0.494 e. The zero-order valence-electron chi connectivity index (χ0n) is 18.0. The van der Waals surface area contributed by atoms with Gasteiger partial charge in [0.15, 0.2) is 6.61 Å². The van der Waals surface area contributed by atoms with Crippen molar-refractivity contribution in [2.24, 2.45) is 0 Å². The Bertz CT molecular complexity index is 1030. The van der Waals surface area contributed by atoms with E-state index < -0.39 is 12.6 Å². The Balaban J connectivity index is 1.49. The van der Waals surface area contributed by atoms with Gasteiger partial charge in [-0.05, 0) is 73.7 Å². The number of nitrogens with one attached hydrogen (secondary N) is 1. The molecule has 6 heteroatoms. The van der Waals surface area contributed by atoms with Crippen LogP contribution in [-0.4, -0.2) is 30.2 Å². The maximum absolute atomic E-state index is 12.6. The summed E-state index contributed by atoms with van der Waals surface area (Å²) in [7, 11) is 0. The molecule has 3 aromatic carbocycles. The standard InChI is InChI=1S/C26H27NO5/c1-19-10-15-24(32-18-25(28)29)23(17-19)27-26(30)21-11-13-22(14-12-21)31-16-6-5-9-20-7-3-2-4-8-20/h2-4,7-8,10-15,17H,5-6,9,16,18H2,1H3,(H,27,30)(H,28,29). The van der Waals surface area contributed by atoms with Gasteiger partial charge in [0.25, 0.3) is 5.91 Å². The van der Waals surface area contributed by atoms with Crippen molar-refractivity contribution in [3.63, 3.8) is 0 Å². The van der Waals surface area contributed by atoms with E-state index in [1.807, 2.05) is 25.1 Å². The Hall–Kier alpha value is -3.80. The van der Waals surface area contributed by atoms with Crippen LogP contribution in [0.15, 0.2) is 72.8 Å². The highest BCUT2D eigenvalue weighted by Crippen LogP contribution is 2.26. The summed E-state index contributed by atoms with van der Waals surface area (Å²) in [5.74, 6) is -0.382. The molecule has 6 nitrogen and oxygen atoms in total. The zero-order valence-corrected chi connectivity index (χ0v) is 18.0. The smallest absolute Gasteiger partial charge is 0.341 e. The van der Waals surface area contributed by atoms with Crippen LogP contribution >= 0.6 is 0 Å². The third kappa shape index (κ3) is 7.16. The second-order valence-corrected chi connectivity index (χ2v) is 7.45. The Morgan fingerprint density at radius 1 is 0.906 bits per heavy atom. The summed E-state index contributed by atoms with van der Waals surface area (Å²) in [6, 6.07) is 22.5. The van der Waals surface area contributed by atoms with Crippen molar-refractivity contribution in [2.45, 2.75) is 26.2 Å². The van der Waals surface area contributed by atoms with Gasteiger partial charge in [0.05, 0.1) is 12.3 Å². The summed E-state index contributed by atoms with van der Waals surface area (Å²) in [5.41, 5.74) is 3.13. The molecule has 0 bridgehead atoms. The maximum atomic E-state index is 12.6. The third-order valence-corrected chi connectivity index (χ3v) is 4.82. The lowest BCUT2D eigenvalue weighted by atomic mass is 10.1. The van der Waals surface area contributed by atoms with Crippen molar-refractivity contribution in [1.29, 1.82) is 0 Å². The minimum atomic E-state index is -1.08. The van der Waals surface area contributed by atoms with Gasteiger partial charge in [0.1, 0.15) is 11.5 Å². The minimum absolute atomic E-state index is 0.307. The van der Waals surface area contributed by atoms with Crippen molar-refractivity contribution >= 4 is 17.6 Å². The Labute approximate surface area is 187 Å². The van der Waals surface area contributed by atoms with E-state index in [0.29, 0.717) is 29.4 Å². The van der Waals surface area contributed by atoms with Gasteiger partial charge in [-0.15, -0.1) is 0 Å². The summed E-state index contributed by atoms with van der Waals surface area (Å²) < 4.78 is 11.0. The van der Waals surface area contributed by atoms with Crippen molar-refractivity contribution in [1.82, 2.24) is 0 Å². The fraction of sp³-hybridized carbons (Fsp3) is 0.231. The first-order chi connectivity index (χ1) is 15.5. The number of carboxylic acid groups (broad SMARTS) is 1. The van der Waals surface area contributed by atoms with E-state index >= 15 is 0 Å². The number of ether oxygens (including phenoxy) is 2. The van der Waals surface area contributed by atoms with Gasteiger partial charge in [-0.25, -0.2) is 4.79 Å². The predicted molar refractivity (Wildman–Crippen MR) is 124 cm³/mol. The fourth-order valence-corrected chi connectivity index (χ4v) is 3.17. The van der Waals surface area contributed by atoms with E-state index in [1.54, 1.807) is 42.5 Å². The number of aliphatic carboxylic acids is 1. The Morgan fingerprint density at radius 2 is 1.66 bits per heavy atom. The minimum Gasteiger partial charge on any atom is -0.494 e. The number of anilines is 1. The average molecular weight is 434 g/mol. The number of amides is 1. The van der Waals surface area contributed by atoms with E-state index in [1.165, 1.54) is 5.56 Å². The van der Waals surface area contributed by atoms with Gasteiger partial charge in [0.2, 0.25) is 0 Å². The van der Waals surface area contributed by atoms with Crippen LogP contribution in [0.1, 0.15) is 34.3 Å². The van der Waals surface area contributed by atoms with Crippen LogP contribution in [0, 0.1) is 6.92 Å². The second kappa shape index (κ2) is 11.6. The molecule has 1 amide bonds. The Kier molecular flexibility index (Phi) is 8.26. The molecule has 0 heterocycles. The molecule has 3 aromatic rings. The van der Waals surface area contributed by atoms with Crippen molar-refractivity contribution in [3.05, 3.63) is 89.5 Å². The number of unbranched alkanes of at least 4 members (excludes halogenated alkanes) is 1. The van der Waals surface area contributed by atoms with E-state index in [2.05, 4.69) is 17.4 Å². The summed E-state index contributed by atoms with van der Waals surface area (Å²) in [5, 5.41) is 11.6.